The Morgan fingerprint density at radius 1 is 1.23 bits per heavy atom. The Morgan fingerprint density at radius 3 is 2.50 bits per heavy atom. The van der Waals surface area contributed by atoms with Crippen molar-refractivity contribution in [1.82, 2.24) is 0 Å². The van der Waals surface area contributed by atoms with E-state index in [1.165, 1.54) is 0 Å². The van der Waals surface area contributed by atoms with E-state index in [0.717, 1.165) is 5.56 Å². The van der Waals surface area contributed by atoms with E-state index in [0.29, 0.717) is 28.5 Å². The van der Waals surface area contributed by atoms with Crippen molar-refractivity contribution in [2.45, 2.75) is 20.8 Å². The lowest BCUT2D eigenvalue weighted by molar-refractivity contribution is -0.139. The van der Waals surface area contributed by atoms with Gasteiger partial charge in [-0.2, -0.15) is 0 Å². The van der Waals surface area contributed by atoms with Crippen molar-refractivity contribution >= 4 is 17.6 Å². The van der Waals surface area contributed by atoms with Crippen molar-refractivity contribution in [2.75, 3.05) is 11.9 Å². The molecule has 0 radical (unpaired) electrons. The molecule has 0 bridgehead atoms. The largest absolute Gasteiger partial charge is 0.482 e. The van der Waals surface area contributed by atoms with Crippen molar-refractivity contribution in [3.8, 4) is 5.75 Å². The lowest BCUT2D eigenvalue weighted by atomic mass is 10.1. The normalized spacial score (nSPS) is 10.3. The first-order valence-electron chi connectivity index (χ1n) is 6.70. The van der Waals surface area contributed by atoms with E-state index in [9.17, 15) is 9.59 Å². The molecule has 6 heteroatoms. The van der Waals surface area contributed by atoms with Crippen molar-refractivity contribution < 1.29 is 23.8 Å². The number of amides is 1. The Morgan fingerprint density at radius 2 is 1.95 bits per heavy atom. The van der Waals surface area contributed by atoms with Gasteiger partial charge in [0.1, 0.15) is 17.3 Å². The summed E-state index contributed by atoms with van der Waals surface area (Å²) in [5, 5.41) is 11.4. The maximum atomic E-state index is 12.2. The molecule has 2 rings (SSSR count). The zero-order valence-electron chi connectivity index (χ0n) is 12.6. The third-order valence-electron chi connectivity index (χ3n) is 3.09. The highest BCUT2D eigenvalue weighted by atomic mass is 16.5. The summed E-state index contributed by atoms with van der Waals surface area (Å²) in [6.45, 7) is 4.91. The van der Waals surface area contributed by atoms with Gasteiger partial charge in [-0.05, 0) is 50.6 Å². The second-order valence-electron chi connectivity index (χ2n) is 4.94. The number of hydrogen-bond acceptors (Lipinski definition) is 4. The topological polar surface area (TPSA) is 88.8 Å². The van der Waals surface area contributed by atoms with Crippen LogP contribution in [0.1, 0.15) is 27.4 Å². The molecular weight excluding hydrogens is 286 g/mol. The Bertz CT molecular complexity index is 717. The van der Waals surface area contributed by atoms with Gasteiger partial charge in [-0.15, -0.1) is 0 Å². The highest BCUT2D eigenvalue weighted by Gasteiger charge is 2.14. The van der Waals surface area contributed by atoms with E-state index in [-0.39, 0.29) is 5.91 Å². The standard InChI is InChI=1S/C16H17NO5/c1-9-6-12(21-8-15(18)19)4-5-14(9)17-16(20)13-7-10(2)22-11(13)3/h4-7H,8H2,1-3H3,(H,17,20)(H,18,19). The van der Waals surface area contributed by atoms with Crippen molar-refractivity contribution in [1.29, 1.82) is 0 Å². The molecule has 0 atom stereocenters. The predicted octanol–water partition coefficient (Wildman–Crippen LogP) is 2.92. The number of furan rings is 1. The van der Waals surface area contributed by atoms with Crippen molar-refractivity contribution in [3.05, 3.63) is 46.9 Å². The van der Waals surface area contributed by atoms with E-state index in [1.807, 2.05) is 0 Å². The van der Waals surface area contributed by atoms with Crippen LogP contribution in [0.4, 0.5) is 5.69 Å². The van der Waals surface area contributed by atoms with Crippen LogP contribution in [-0.4, -0.2) is 23.6 Å². The molecule has 1 aromatic heterocycles. The third kappa shape index (κ3) is 3.66. The van der Waals surface area contributed by atoms with Gasteiger partial charge in [0.25, 0.3) is 5.91 Å². The minimum atomic E-state index is -1.04. The number of aliphatic carboxylic acids is 1. The van der Waals surface area contributed by atoms with Gasteiger partial charge in [0.15, 0.2) is 6.61 Å². The summed E-state index contributed by atoms with van der Waals surface area (Å²) >= 11 is 0. The fourth-order valence-electron chi connectivity index (χ4n) is 2.06. The molecule has 0 fully saturated rings. The van der Waals surface area contributed by atoms with Gasteiger partial charge in [0.05, 0.1) is 5.56 Å². The van der Waals surface area contributed by atoms with Crippen LogP contribution in [0.5, 0.6) is 5.75 Å². The highest BCUT2D eigenvalue weighted by molar-refractivity contribution is 6.05. The molecule has 1 amide bonds. The number of ether oxygens (including phenoxy) is 1. The number of rotatable bonds is 5. The maximum absolute atomic E-state index is 12.2. The third-order valence-corrected chi connectivity index (χ3v) is 3.09. The summed E-state index contributed by atoms with van der Waals surface area (Å²) < 4.78 is 10.4. The Labute approximate surface area is 127 Å². The SMILES string of the molecule is Cc1cc(C(=O)Nc2ccc(OCC(=O)O)cc2C)c(C)o1. The van der Waals surface area contributed by atoms with E-state index >= 15 is 0 Å². The number of hydrogen-bond donors (Lipinski definition) is 2. The molecule has 0 aliphatic rings. The number of aryl methyl sites for hydroxylation is 3. The van der Waals surface area contributed by atoms with Crippen LogP contribution in [0.15, 0.2) is 28.7 Å². The summed E-state index contributed by atoms with van der Waals surface area (Å²) in [6.07, 6.45) is 0. The monoisotopic (exact) mass is 303 g/mol. The molecule has 2 aromatic rings. The molecule has 6 nitrogen and oxygen atoms in total. The van der Waals surface area contributed by atoms with E-state index in [2.05, 4.69) is 5.32 Å². The zero-order chi connectivity index (χ0) is 16.3. The van der Waals surface area contributed by atoms with Gasteiger partial charge in [0.2, 0.25) is 0 Å². The predicted molar refractivity (Wildman–Crippen MR) is 80.4 cm³/mol. The fraction of sp³-hybridized carbons (Fsp3) is 0.250. The molecule has 0 aliphatic carbocycles. The molecule has 2 N–H and O–H groups in total. The summed E-state index contributed by atoms with van der Waals surface area (Å²) in [5.41, 5.74) is 1.89. The second-order valence-corrected chi connectivity index (χ2v) is 4.94. The molecule has 0 spiro atoms. The van der Waals surface area contributed by atoms with E-state index < -0.39 is 12.6 Å². The van der Waals surface area contributed by atoms with Crippen LogP contribution < -0.4 is 10.1 Å². The number of carboxylic acid groups (broad SMARTS) is 1. The first-order chi connectivity index (χ1) is 10.4. The van der Waals surface area contributed by atoms with Gasteiger partial charge in [-0.25, -0.2) is 4.79 Å². The van der Waals surface area contributed by atoms with Crippen molar-refractivity contribution in [2.24, 2.45) is 0 Å². The molecule has 1 aromatic carbocycles. The van der Waals surface area contributed by atoms with E-state index in [4.69, 9.17) is 14.3 Å². The molecule has 0 saturated carbocycles. The minimum absolute atomic E-state index is 0.253. The smallest absolute Gasteiger partial charge is 0.341 e. The van der Waals surface area contributed by atoms with Gasteiger partial charge in [0, 0.05) is 5.69 Å². The summed E-state index contributed by atoms with van der Waals surface area (Å²) in [5.74, 6) is 0.386. The van der Waals surface area contributed by atoms with E-state index in [1.54, 1.807) is 45.0 Å². The quantitative estimate of drug-likeness (QED) is 0.886. The van der Waals surface area contributed by atoms with Crippen LogP contribution in [-0.2, 0) is 4.79 Å². The zero-order valence-corrected chi connectivity index (χ0v) is 12.6. The first kappa shape index (κ1) is 15.6. The maximum Gasteiger partial charge on any atom is 0.341 e. The number of nitrogens with one attached hydrogen (secondary N) is 1. The lowest BCUT2D eigenvalue weighted by Crippen LogP contribution is -2.13. The van der Waals surface area contributed by atoms with Crippen LogP contribution in [0.2, 0.25) is 0 Å². The molecule has 0 saturated heterocycles. The summed E-state index contributed by atoms with van der Waals surface area (Å²) in [7, 11) is 0. The number of benzene rings is 1. The number of carboxylic acids is 1. The minimum Gasteiger partial charge on any atom is -0.482 e. The average Bonchev–Trinajstić information content (AvgIpc) is 2.78. The molecule has 0 unspecified atom stereocenters. The molecule has 1 heterocycles. The van der Waals surface area contributed by atoms with Gasteiger partial charge >= 0.3 is 5.97 Å². The number of carbonyl (C=O) groups is 2. The van der Waals surface area contributed by atoms with Crippen molar-refractivity contribution in [3.63, 3.8) is 0 Å². The van der Waals surface area contributed by atoms with Crippen LogP contribution in [0, 0.1) is 20.8 Å². The molecule has 0 aliphatic heterocycles. The van der Waals surface area contributed by atoms with Crippen LogP contribution >= 0.6 is 0 Å². The Hall–Kier alpha value is -2.76. The number of carbonyl (C=O) groups excluding carboxylic acids is 1. The molecular formula is C16H17NO5. The highest BCUT2D eigenvalue weighted by Crippen LogP contribution is 2.23. The lowest BCUT2D eigenvalue weighted by Gasteiger charge is -2.10. The Balaban J connectivity index is 2.11. The van der Waals surface area contributed by atoms with Gasteiger partial charge in [-0.1, -0.05) is 0 Å². The molecule has 22 heavy (non-hydrogen) atoms. The summed E-state index contributed by atoms with van der Waals surface area (Å²) in [4.78, 5) is 22.7. The first-order valence-corrected chi connectivity index (χ1v) is 6.70. The molecule has 116 valence electrons. The van der Waals surface area contributed by atoms with Crippen LogP contribution in [0.3, 0.4) is 0 Å². The fourth-order valence-corrected chi connectivity index (χ4v) is 2.06. The average molecular weight is 303 g/mol. The Kier molecular flexibility index (Phi) is 4.50. The number of anilines is 1. The van der Waals surface area contributed by atoms with Gasteiger partial charge in [-0.3, -0.25) is 4.79 Å². The van der Waals surface area contributed by atoms with Crippen LogP contribution in [0.25, 0.3) is 0 Å². The second kappa shape index (κ2) is 6.34. The van der Waals surface area contributed by atoms with Gasteiger partial charge < -0.3 is 19.6 Å². The summed E-state index contributed by atoms with van der Waals surface area (Å²) in [6, 6.07) is 6.64.